The summed E-state index contributed by atoms with van der Waals surface area (Å²) in [6, 6.07) is 0. The van der Waals surface area contributed by atoms with Crippen LogP contribution in [-0.4, -0.2) is 47.8 Å². The summed E-state index contributed by atoms with van der Waals surface area (Å²) in [5, 5.41) is 3.03. The predicted molar refractivity (Wildman–Crippen MR) is 65.2 cm³/mol. The van der Waals surface area contributed by atoms with E-state index in [1.165, 1.54) is 0 Å². The lowest BCUT2D eigenvalue weighted by Gasteiger charge is -2.26. The van der Waals surface area contributed by atoms with Gasteiger partial charge in [0.25, 0.3) is 0 Å². The molecule has 0 spiro atoms. The zero-order valence-electron chi connectivity index (χ0n) is 9.19. The van der Waals surface area contributed by atoms with E-state index in [2.05, 4.69) is 26.2 Å². The van der Waals surface area contributed by atoms with Crippen molar-refractivity contribution in [2.75, 3.05) is 43.1 Å². The van der Waals surface area contributed by atoms with Gasteiger partial charge in [0.05, 0.1) is 19.8 Å². The average molecular weight is 254 g/mol. The summed E-state index contributed by atoms with van der Waals surface area (Å²) in [4.78, 5) is 14.3. The van der Waals surface area contributed by atoms with Crippen molar-refractivity contribution in [3.05, 3.63) is 5.28 Å². The molecule has 90 valence electrons. The van der Waals surface area contributed by atoms with E-state index in [0.717, 1.165) is 13.1 Å². The van der Waals surface area contributed by atoms with Crippen LogP contribution in [0.15, 0.2) is 0 Å². The highest BCUT2D eigenvalue weighted by Crippen LogP contribution is 2.14. The Hall–Kier alpha value is -1.58. The molecule has 0 aliphatic carbocycles. The lowest BCUT2D eigenvalue weighted by atomic mass is 10.4. The van der Waals surface area contributed by atoms with Crippen molar-refractivity contribution in [1.82, 2.24) is 15.0 Å². The smallest absolute Gasteiger partial charge is 0.231 e. The molecule has 0 aromatic carbocycles. The summed E-state index contributed by atoms with van der Waals surface area (Å²) < 4.78 is 5.26. The lowest BCUT2D eigenvalue weighted by molar-refractivity contribution is 0.122. The fraction of sp³-hybridized carbons (Fsp3) is 0.500. The van der Waals surface area contributed by atoms with Crippen molar-refractivity contribution >= 4 is 23.5 Å². The summed E-state index contributed by atoms with van der Waals surface area (Å²) in [7, 11) is 0. The quantitative estimate of drug-likeness (QED) is 0.787. The Bertz CT molecular complexity index is 427. The van der Waals surface area contributed by atoms with Gasteiger partial charge >= 0.3 is 0 Å². The van der Waals surface area contributed by atoms with Crippen LogP contribution in [-0.2, 0) is 4.74 Å². The predicted octanol–water partition coefficient (Wildman–Crippen LogP) is 0.407. The number of halogens is 1. The van der Waals surface area contributed by atoms with Crippen molar-refractivity contribution in [2.45, 2.75) is 0 Å². The van der Waals surface area contributed by atoms with Crippen LogP contribution in [0.1, 0.15) is 0 Å². The van der Waals surface area contributed by atoms with Gasteiger partial charge in [-0.15, -0.1) is 6.42 Å². The second-order valence-electron chi connectivity index (χ2n) is 3.39. The van der Waals surface area contributed by atoms with E-state index in [1.54, 1.807) is 0 Å². The number of hydrogen-bond donors (Lipinski definition) is 1. The highest BCUT2D eigenvalue weighted by atomic mass is 35.5. The number of anilines is 2. The lowest BCUT2D eigenvalue weighted by Crippen LogP contribution is -2.37. The number of hydrogen-bond acceptors (Lipinski definition) is 6. The van der Waals surface area contributed by atoms with Crippen LogP contribution < -0.4 is 10.2 Å². The summed E-state index contributed by atoms with van der Waals surface area (Å²) in [6.07, 6.45) is 5.15. The number of nitrogens with zero attached hydrogens (tertiary/aromatic N) is 4. The normalized spacial score (nSPS) is 15.4. The molecular formula is C10H12ClN5O. The van der Waals surface area contributed by atoms with Gasteiger partial charge < -0.3 is 15.0 Å². The SMILES string of the molecule is C#CCNc1nc(Cl)nc(N2CCOCC2)n1. The first-order valence-electron chi connectivity index (χ1n) is 5.21. The van der Waals surface area contributed by atoms with Crippen LogP contribution in [0.4, 0.5) is 11.9 Å². The Labute approximate surface area is 104 Å². The molecule has 1 aromatic heterocycles. The van der Waals surface area contributed by atoms with E-state index in [1.807, 2.05) is 4.90 Å². The minimum absolute atomic E-state index is 0.154. The number of nitrogens with one attached hydrogen (secondary N) is 1. The van der Waals surface area contributed by atoms with Gasteiger partial charge in [-0.05, 0) is 11.6 Å². The van der Waals surface area contributed by atoms with Crippen molar-refractivity contribution in [2.24, 2.45) is 0 Å². The third-order valence-electron chi connectivity index (χ3n) is 2.24. The van der Waals surface area contributed by atoms with Crippen LogP contribution in [0.3, 0.4) is 0 Å². The minimum Gasteiger partial charge on any atom is -0.378 e. The van der Waals surface area contributed by atoms with E-state index >= 15 is 0 Å². The van der Waals surface area contributed by atoms with Crippen molar-refractivity contribution < 1.29 is 4.74 Å². The van der Waals surface area contributed by atoms with E-state index in [-0.39, 0.29) is 5.28 Å². The van der Waals surface area contributed by atoms with Gasteiger partial charge in [-0.25, -0.2) is 0 Å². The van der Waals surface area contributed by atoms with Gasteiger partial charge in [-0.2, -0.15) is 15.0 Å². The van der Waals surface area contributed by atoms with E-state index < -0.39 is 0 Å². The summed E-state index contributed by atoms with van der Waals surface area (Å²) >= 11 is 5.84. The molecule has 0 amide bonds. The molecule has 0 atom stereocenters. The minimum atomic E-state index is 0.154. The molecule has 2 rings (SSSR count). The zero-order valence-corrected chi connectivity index (χ0v) is 9.94. The molecule has 1 aliphatic heterocycles. The second-order valence-corrected chi connectivity index (χ2v) is 3.72. The van der Waals surface area contributed by atoms with Crippen LogP contribution in [0.25, 0.3) is 0 Å². The molecule has 1 fully saturated rings. The molecule has 1 saturated heterocycles. The van der Waals surface area contributed by atoms with E-state index in [4.69, 9.17) is 22.8 Å². The highest BCUT2D eigenvalue weighted by molar-refractivity contribution is 6.28. The largest absolute Gasteiger partial charge is 0.378 e. The molecule has 1 N–H and O–H groups in total. The fourth-order valence-corrected chi connectivity index (χ4v) is 1.61. The van der Waals surface area contributed by atoms with E-state index in [9.17, 15) is 0 Å². The third kappa shape index (κ3) is 3.19. The maximum Gasteiger partial charge on any atom is 0.231 e. The number of terminal acetylenes is 1. The van der Waals surface area contributed by atoms with Crippen LogP contribution in [0.5, 0.6) is 0 Å². The Kier molecular flexibility index (Phi) is 3.96. The fourth-order valence-electron chi connectivity index (χ4n) is 1.45. The molecule has 1 aromatic rings. The maximum atomic E-state index is 5.84. The van der Waals surface area contributed by atoms with Crippen molar-refractivity contribution in [3.8, 4) is 12.3 Å². The molecule has 6 nitrogen and oxygen atoms in total. The summed E-state index contributed by atoms with van der Waals surface area (Å²) in [5.74, 6) is 3.39. The summed E-state index contributed by atoms with van der Waals surface area (Å²) in [5.41, 5.74) is 0. The zero-order chi connectivity index (χ0) is 12.1. The second kappa shape index (κ2) is 5.66. The molecule has 0 bridgehead atoms. The first-order chi connectivity index (χ1) is 8.29. The molecule has 0 unspecified atom stereocenters. The Morgan fingerprint density at radius 2 is 2.12 bits per heavy atom. The summed E-state index contributed by atoms with van der Waals surface area (Å²) in [6.45, 7) is 3.17. The Morgan fingerprint density at radius 3 is 2.82 bits per heavy atom. The van der Waals surface area contributed by atoms with Gasteiger partial charge in [0.15, 0.2) is 0 Å². The number of morpholine rings is 1. The topological polar surface area (TPSA) is 63.2 Å². The maximum absolute atomic E-state index is 5.84. The van der Waals surface area contributed by atoms with Gasteiger partial charge in [0, 0.05) is 13.1 Å². The highest BCUT2D eigenvalue weighted by Gasteiger charge is 2.15. The molecule has 1 aliphatic rings. The third-order valence-corrected chi connectivity index (χ3v) is 2.41. The van der Waals surface area contributed by atoms with Gasteiger partial charge in [0.2, 0.25) is 17.2 Å². The first-order valence-corrected chi connectivity index (χ1v) is 5.59. The monoisotopic (exact) mass is 253 g/mol. The molecule has 0 radical (unpaired) electrons. The standard InChI is InChI=1S/C10H12ClN5O/c1-2-3-12-9-13-8(11)14-10(15-9)16-4-6-17-7-5-16/h1H,3-7H2,(H,12,13,14,15). The van der Waals surface area contributed by atoms with Crippen molar-refractivity contribution in [3.63, 3.8) is 0 Å². The molecule has 2 heterocycles. The van der Waals surface area contributed by atoms with Gasteiger partial charge in [-0.3, -0.25) is 0 Å². The first kappa shape index (κ1) is 11.9. The number of ether oxygens (including phenoxy) is 1. The van der Waals surface area contributed by atoms with Crippen LogP contribution >= 0.6 is 11.6 Å². The number of aromatic nitrogens is 3. The molecule has 0 saturated carbocycles. The Balaban J connectivity index is 2.15. The average Bonchev–Trinajstić information content (AvgIpc) is 2.37. The number of rotatable bonds is 3. The van der Waals surface area contributed by atoms with Crippen LogP contribution in [0, 0.1) is 12.3 Å². The van der Waals surface area contributed by atoms with E-state index in [0.29, 0.717) is 31.7 Å². The van der Waals surface area contributed by atoms with Gasteiger partial charge in [0.1, 0.15) is 0 Å². The van der Waals surface area contributed by atoms with Gasteiger partial charge in [-0.1, -0.05) is 5.92 Å². The molecular weight excluding hydrogens is 242 g/mol. The molecule has 7 heteroatoms. The van der Waals surface area contributed by atoms with Crippen molar-refractivity contribution in [1.29, 1.82) is 0 Å². The molecule has 17 heavy (non-hydrogen) atoms. The van der Waals surface area contributed by atoms with Crippen LogP contribution in [0.2, 0.25) is 5.28 Å². The Morgan fingerprint density at radius 1 is 1.35 bits per heavy atom.